The minimum absolute atomic E-state index is 0.131. The molecule has 2 rings (SSSR count). The lowest BCUT2D eigenvalue weighted by Gasteiger charge is -2.13. The molecule has 1 aromatic rings. The molecule has 5 heteroatoms. The number of rotatable bonds is 5. The molecule has 0 radical (unpaired) electrons. The molecule has 0 bridgehead atoms. The Morgan fingerprint density at radius 3 is 3.06 bits per heavy atom. The minimum atomic E-state index is -0.897. The number of hydrogen-bond donors (Lipinski definition) is 1. The number of halogens is 1. The molecule has 100 valence electrons. The van der Waals surface area contributed by atoms with Crippen LogP contribution >= 0.6 is 15.9 Å². The van der Waals surface area contributed by atoms with Gasteiger partial charge in [-0.1, -0.05) is 22.9 Å². The quantitative estimate of drug-likeness (QED) is 0.901. The average molecular weight is 332 g/mol. The van der Waals surface area contributed by atoms with Gasteiger partial charge in [-0.25, -0.2) is 0 Å². The van der Waals surface area contributed by atoms with E-state index < -0.39 is 10.8 Å². The Morgan fingerprint density at radius 1 is 1.56 bits per heavy atom. The Kier molecular flexibility index (Phi) is 4.81. The highest BCUT2D eigenvalue weighted by molar-refractivity contribution is 9.10. The van der Waals surface area contributed by atoms with Crippen LogP contribution in [0.5, 0.6) is 5.75 Å². The molecule has 0 fully saturated rings. The van der Waals surface area contributed by atoms with Crippen LogP contribution < -0.4 is 10.5 Å². The Balaban J connectivity index is 2.17. The van der Waals surface area contributed by atoms with Crippen LogP contribution in [0.1, 0.15) is 24.5 Å². The molecular weight excluding hydrogens is 314 g/mol. The van der Waals surface area contributed by atoms with Crippen molar-refractivity contribution in [2.24, 2.45) is 5.73 Å². The van der Waals surface area contributed by atoms with E-state index in [4.69, 9.17) is 10.5 Å². The number of hydrogen-bond acceptors (Lipinski definition) is 3. The number of ether oxygens (including phenoxy) is 1. The van der Waals surface area contributed by atoms with E-state index in [1.165, 1.54) is 5.56 Å². The van der Waals surface area contributed by atoms with Crippen molar-refractivity contribution in [1.82, 2.24) is 0 Å². The van der Waals surface area contributed by atoms with Gasteiger partial charge in [-0.2, -0.15) is 0 Å². The number of nitrogens with two attached hydrogens (primary N) is 1. The largest absolute Gasteiger partial charge is 0.493 e. The van der Waals surface area contributed by atoms with Crippen LogP contribution in [0.4, 0.5) is 0 Å². The Hall–Kier alpha value is -0.390. The maximum atomic E-state index is 12.2. The van der Waals surface area contributed by atoms with Gasteiger partial charge in [-0.3, -0.25) is 4.21 Å². The first kappa shape index (κ1) is 14.0. The zero-order valence-electron chi connectivity index (χ0n) is 10.4. The zero-order valence-corrected chi connectivity index (χ0v) is 12.9. The van der Waals surface area contributed by atoms with Crippen LogP contribution in [0.3, 0.4) is 0 Å². The molecular formula is C13H18BrNO2S. The lowest BCUT2D eigenvalue weighted by molar-refractivity contribution is 0.354. The molecule has 1 heterocycles. The summed E-state index contributed by atoms with van der Waals surface area (Å²) in [5.41, 5.74) is 7.76. The molecule has 3 nitrogen and oxygen atoms in total. The van der Waals surface area contributed by atoms with Gasteiger partial charge in [0.2, 0.25) is 0 Å². The van der Waals surface area contributed by atoms with E-state index in [1.807, 2.05) is 13.0 Å². The monoisotopic (exact) mass is 331 g/mol. The van der Waals surface area contributed by atoms with Crippen molar-refractivity contribution in [3.05, 3.63) is 27.7 Å². The third-order valence-corrected chi connectivity index (χ3v) is 5.33. The first-order chi connectivity index (χ1) is 8.61. The molecule has 0 aliphatic carbocycles. The molecule has 0 amide bonds. The van der Waals surface area contributed by atoms with Crippen molar-refractivity contribution in [2.75, 3.05) is 13.2 Å². The van der Waals surface area contributed by atoms with Crippen molar-refractivity contribution >= 4 is 26.7 Å². The highest BCUT2D eigenvalue weighted by Gasteiger charge is 2.20. The lowest BCUT2D eigenvalue weighted by Crippen LogP contribution is -2.17. The molecule has 2 atom stereocenters. The van der Waals surface area contributed by atoms with Gasteiger partial charge in [0.15, 0.2) is 0 Å². The minimum Gasteiger partial charge on any atom is -0.493 e. The lowest BCUT2D eigenvalue weighted by atomic mass is 10.1. The van der Waals surface area contributed by atoms with Crippen molar-refractivity contribution in [3.63, 3.8) is 0 Å². The van der Waals surface area contributed by atoms with Crippen molar-refractivity contribution in [2.45, 2.75) is 30.8 Å². The van der Waals surface area contributed by atoms with Crippen LogP contribution in [-0.2, 0) is 23.0 Å². The second kappa shape index (κ2) is 6.17. The van der Waals surface area contributed by atoms with E-state index in [0.29, 0.717) is 12.3 Å². The summed E-state index contributed by atoms with van der Waals surface area (Å²) in [5.74, 6) is 1.48. The third-order valence-electron chi connectivity index (χ3n) is 3.15. The predicted molar refractivity (Wildman–Crippen MR) is 78.3 cm³/mol. The predicted octanol–water partition coefficient (Wildman–Crippen LogP) is 2.37. The fourth-order valence-corrected chi connectivity index (χ4v) is 3.87. The maximum Gasteiger partial charge on any atom is 0.126 e. The first-order valence-corrected chi connectivity index (χ1v) is 8.30. The molecule has 2 N–H and O–H groups in total. The van der Waals surface area contributed by atoms with Crippen LogP contribution in [0, 0.1) is 0 Å². The summed E-state index contributed by atoms with van der Waals surface area (Å²) in [6.45, 7) is 3.30. The molecule has 1 aliphatic heterocycles. The molecule has 0 saturated heterocycles. The Morgan fingerprint density at radius 2 is 2.33 bits per heavy atom. The topological polar surface area (TPSA) is 52.3 Å². The van der Waals surface area contributed by atoms with E-state index in [-0.39, 0.29) is 5.25 Å². The molecule has 18 heavy (non-hydrogen) atoms. The Bertz CT molecular complexity index is 465. The summed E-state index contributed by atoms with van der Waals surface area (Å²) in [6, 6.07) is 4.09. The number of benzene rings is 1. The van der Waals surface area contributed by atoms with Crippen LogP contribution in [0.25, 0.3) is 0 Å². The van der Waals surface area contributed by atoms with E-state index in [1.54, 1.807) is 0 Å². The Labute approximate surface area is 119 Å². The van der Waals surface area contributed by atoms with Gasteiger partial charge in [-0.05, 0) is 30.7 Å². The maximum absolute atomic E-state index is 12.2. The van der Waals surface area contributed by atoms with Gasteiger partial charge in [0.25, 0.3) is 0 Å². The molecule has 2 unspecified atom stereocenters. The van der Waals surface area contributed by atoms with Gasteiger partial charge in [0.05, 0.1) is 12.4 Å². The van der Waals surface area contributed by atoms with Crippen molar-refractivity contribution in [1.29, 1.82) is 0 Å². The van der Waals surface area contributed by atoms with Crippen molar-refractivity contribution in [3.8, 4) is 5.75 Å². The van der Waals surface area contributed by atoms with Gasteiger partial charge < -0.3 is 10.5 Å². The molecule has 1 aliphatic rings. The van der Waals surface area contributed by atoms with Gasteiger partial charge in [-0.15, -0.1) is 0 Å². The summed E-state index contributed by atoms with van der Waals surface area (Å²) in [6.07, 6.45) is 1.73. The highest BCUT2D eigenvalue weighted by Crippen LogP contribution is 2.34. The summed E-state index contributed by atoms with van der Waals surface area (Å²) < 4.78 is 18.9. The summed E-state index contributed by atoms with van der Waals surface area (Å²) in [5, 5.41) is 0.131. The summed E-state index contributed by atoms with van der Waals surface area (Å²) in [7, 11) is -0.897. The van der Waals surface area contributed by atoms with E-state index in [2.05, 4.69) is 22.0 Å². The molecule has 0 spiro atoms. The standard InChI is InChI=1S/C13H18BrNO2S/c1-9(2-4-15)18(16)8-11-7-12(14)6-10-3-5-17-13(10)11/h6-7,9H,2-5,8,15H2,1H3. The van der Waals surface area contributed by atoms with Crippen LogP contribution in [0.15, 0.2) is 16.6 Å². The second-order valence-corrected chi connectivity index (χ2v) is 7.34. The zero-order chi connectivity index (χ0) is 13.1. The van der Waals surface area contributed by atoms with Crippen LogP contribution in [0.2, 0.25) is 0 Å². The van der Waals surface area contributed by atoms with Crippen molar-refractivity contribution < 1.29 is 8.95 Å². The van der Waals surface area contributed by atoms with Gasteiger partial charge in [0, 0.05) is 32.5 Å². The highest BCUT2D eigenvalue weighted by atomic mass is 79.9. The van der Waals surface area contributed by atoms with Gasteiger partial charge in [0.1, 0.15) is 5.75 Å². The molecule has 0 saturated carbocycles. The van der Waals surface area contributed by atoms with E-state index in [9.17, 15) is 4.21 Å². The fraction of sp³-hybridized carbons (Fsp3) is 0.538. The molecule has 1 aromatic carbocycles. The van der Waals surface area contributed by atoms with Gasteiger partial charge >= 0.3 is 0 Å². The summed E-state index contributed by atoms with van der Waals surface area (Å²) in [4.78, 5) is 0. The average Bonchev–Trinajstić information content (AvgIpc) is 2.77. The smallest absolute Gasteiger partial charge is 0.126 e. The van der Waals surface area contributed by atoms with Crippen LogP contribution in [-0.4, -0.2) is 22.6 Å². The normalized spacial score (nSPS) is 17.1. The summed E-state index contributed by atoms with van der Waals surface area (Å²) >= 11 is 3.50. The second-order valence-electron chi connectivity index (χ2n) is 4.56. The van der Waals surface area contributed by atoms with E-state index in [0.717, 1.165) is 35.2 Å². The fourth-order valence-electron chi connectivity index (χ4n) is 2.11. The SMILES string of the molecule is CC(CCN)S(=O)Cc1cc(Br)cc2c1OCC2. The number of fused-ring (bicyclic) bond motifs is 1. The first-order valence-electron chi connectivity index (χ1n) is 6.13. The third kappa shape index (κ3) is 3.13. The molecule has 0 aromatic heterocycles. The van der Waals surface area contributed by atoms with E-state index >= 15 is 0 Å².